The first-order valence-corrected chi connectivity index (χ1v) is 40.2. The number of benzene rings is 16. The highest BCUT2D eigenvalue weighted by Gasteiger charge is 2.01. The van der Waals surface area contributed by atoms with Gasteiger partial charge in [0.2, 0.25) is 0 Å². The Bertz CT molecular complexity index is 3550. The first kappa shape index (κ1) is 95.5. The van der Waals surface area contributed by atoms with E-state index in [9.17, 15) is 0 Å². The van der Waals surface area contributed by atoms with Crippen LogP contribution in [-0.2, 0) is 157 Å². The standard InChI is InChI=1S/8C14H14.4S/c8*1-3-7-13(8-4-1)11-12-14-9-5-2-6-10-14;;;;/h8*1-10H,11-12H2;;;;/q;;;;;;;;4*-2. The maximum Gasteiger partial charge on any atom is -0.0238 e. The molecule has 0 aliphatic rings. The van der Waals surface area contributed by atoms with Crippen LogP contribution in [0.15, 0.2) is 485 Å². The largest absolute Gasteiger partial charge is 2.00 e. The van der Waals surface area contributed by atoms with Crippen LogP contribution in [0.25, 0.3) is 0 Å². The van der Waals surface area contributed by atoms with E-state index in [1.54, 1.807) is 0 Å². The van der Waals surface area contributed by atoms with Gasteiger partial charge in [0.05, 0.1) is 0 Å². The lowest BCUT2D eigenvalue weighted by atomic mass is 10.0. The molecule has 16 rings (SSSR count). The summed E-state index contributed by atoms with van der Waals surface area (Å²) in [5.41, 5.74) is 22.6. The summed E-state index contributed by atoms with van der Waals surface area (Å²) in [6, 6.07) is 170. The molecular formula is C112H112S4-8. The van der Waals surface area contributed by atoms with Gasteiger partial charge in [-0.25, -0.2) is 0 Å². The fourth-order valence-electron chi connectivity index (χ4n) is 12.6. The van der Waals surface area contributed by atoms with Crippen LogP contribution >= 0.6 is 0 Å². The molecule has 0 spiro atoms. The fraction of sp³-hybridized carbons (Fsp3) is 0.143. The van der Waals surface area contributed by atoms with Crippen LogP contribution in [0.2, 0.25) is 0 Å². The number of rotatable bonds is 24. The maximum absolute atomic E-state index is 2.18. The molecule has 16 aromatic carbocycles. The first-order chi connectivity index (χ1) is 55.6. The van der Waals surface area contributed by atoms with Crippen LogP contribution in [0.1, 0.15) is 89.0 Å². The van der Waals surface area contributed by atoms with Crippen molar-refractivity contribution < 1.29 is 0 Å². The van der Waals surface area contributed by atoms with Crippen LogP contribution in [-0.4, -0.2) is 0 Å². The van der Waals surface area contributed by atoms with E-state index in [1.165, 1.54) is 89.0 Å². The number of aryl methyl sites for hydroxylation is 16. The van der Waals surface area contributed by atoms with Crippen molar-refractivity contribution in [2.24, 2.45) is 0 Å². The molecule has 0 N–H and O–H groups in total. The SMILES string of the molecule is [S-2].[S-2].[S-2].[S-2].c1ccc(CCc2ccccc2)cc1.c1ccc(CCc2ccccc2)cc1.c1ccc(CCc2ccccc2)cc1.c1ccc(CCc2ccccc2)cc1.c1ccc(CCc2ccccc2)cc1.c1ccc(CCc2ccccc2)cc1.c1ccc(CCc2ccccc2)cc1.c1ccc(CCc2ccccc2)cc1. The second kappa shape index (κ2) is 62.3. The molecule has 0 amide bonds. The Morgan fingerprint density at radius 2 is 0.112 bits per heavy atom. The van der Waals surface area contributed by atoms with Crippen LogP contribution < -0.4 is 0 Å². The highest BCUT2D eigenvalue weighted by atomic mass is 32.1. The minimum atomic E-state index is 0. The van der Waals surface area contributed by atoms with Crippen molar-refractivity contribution in [3.8, 4) is 0 Å². The molecule has 592 valence electrons. The smallest absolute Gasteiger partial charge is 0.0238 e. The highest BCUT2D eigenvalue weighted by Crippen LogP contribution is 2.15. The summed E-state index contributed by atoms with van der Waals surface area (Å²) in [6.07, 6.45) is 18.1. The minimum absolute atomic E-state index is 0. The molecule has 4 heteroatoms. The number of hydrogen-bond donors (Lipinski definition) is 0. The van der Waals surface area contributed by atoms with E-state index in [-0.39, 0.29) is 54.0 Å². The molecule has 0 fully saturated rings. The molecule has 0 saturated heterocycles. The quantitative estimate of drug-likeness (QED) is 0.0566. The average Bonchev–Trinajstić information content (AvgIpc) is 0.965. The molecule has 0 unspecified atom stereocenters. The maximum atomic E-state index is 2.18. The van der Waals surface area contributed by atoms with Crippen molar-refractivity contribution >= 4 is 54.0 Å². The van der Waals surface area contributed by atoms with Crippen molar-refractivity contribution in [3.05, 3.63) is 574 Å². The predicted octanol–water partition coefficient (Wildman–Crippen LogP) is 27.8. The minimum Gasteiger partial charge on any atom is -2.00 e. The third kappa shape index (κ3) is 43.4. The zero-order valence-electron chi connectivity index (χ0n) is 67.1. The van der Waals surface area contributed by atoms with Crippen molar-refractivity contribution in [2.45, 2.75) is 103 Å². The van der Waals surface area contributed by atoms with Crippen LogP contribution in [0.3, 0.4) is 0 Å². The Kier molecular flexibility index (Phi) is 51.3. The molecule has 0 aliphatic carbocycles. The van der Waals surface area contributed by atoms with E-state index in [1.807, 2.05) is 0 Å². The van der Waals surface area contributed by atoms with Gasteiger partial charge < -0.3 is 54.0 Å². The molecule has 16 aromatic rings. The second-order valence-corrected chi connectivity index (χ2v) is 27.8. The summed E-state index contributed by atoms with van der Waals surface area (Å²) >= 11 is 0. The third-order valence-corrected chi connectivity index (χ3v) is 19.1. The van der Waals surface area contributed by atoms with E-state index in [0.29, 0.717) is 0 Å². The topological polar surface area (TPSA) is 0 Å². The lowest BCUT2D eigenvalue weighted by Gasteiger charge is -2.01. The van der Waals surface area contributed by atoms with Gasteiger partial charge in [0, 0.05) is 0 Å². The highest BCUT2D eigenvalue weighted by molar-refractivity contribution is 7.37. The summed E-state index contributed by atoms with van der Waals surface area (Å²) in [4.78, 5) is 0. The fourth-order valence-corrected chi connectivity index (χ4v) is 12.6. The average molecular weight is 1590 g/mol. The van der Waals surface area contributed by atoms with Gasteiger partial charge in [-0.3, -0.25) is 0 Å². The van der Waals surface area contributed by atoms with Crippen molar-refractivity contribution in [1.29, 1.82) is 0 Å². The van der Waals surface area contributed by atoms with E-state index >= 15 is 0 Å². The van der Waals surface area contributed by atoms with Gasteiger partial charge in [0.25, 0.3) is 0 Å². The molecule has 0 nitrogen and oxygen atoms in total. The Morgan fingerprint density at radius 1 is 0.0690 bits per heavy atom. The second-order valence-electron chi connectivity index (χ2n) is 27.8. The third-order valence-electron chi connectivity index (χ3n) is 19.1. The summed E-state index contributed by atoms with van der Waals surface area (Å²) in [5, 5.41) is 0. The molecule has 0 heterocycles. The van der Waals surface area contributed by atoms with Crippen molar-refractivity contribution in [3.63, 3.8) is 0 Å². The van der Waals surface area contributed by atoms with E-state index in [4.69, 9.17) is 0 Å². The Hall–Kier alpha value is -11.1. The van der Waals surface area contributed by atoms with Gasteiger partial charge >= 0.3 is 0 Å². The number of hydrogen-bond acceptors (Lipinski definition) is 0. The molecule has 0 aliphatic heterocycles. The Labute approximate surface area is 725 Å². The summed E-state index contributed by atoms with van der Waals surface area (Å²) in [7, 11) is 0. The van der Waals surface area contributed by atoms with Gasteiger partial charge in [-0.15, -0.1) is 0 Å². The zero-order chi connectivity index (χ0) is 77.1. The van der Waals surface area contributed by atoms with E-state index < -0.39 is 0 Å². The van der Waals surface area contributed by atoms with E-state index in [0.717, 1.165) is 103 Å². The van der Waals surface area contributed by atoms with Gasteiger partial charge in [-0.05, 0) is 192 Å². The summed E-state index contributed by atoms with van der Waals surface area (Å²) < 4.78 is 0. The molecule has 0 radical (unpaired) electrons. The molecule has 0 bridgehead atoms. The van der Waals surface area contributed by atoms with Crippen molar-refractivity contribution in [2.75, 3.05) is 0 Å². The summed E-state index contributed by atoms with van der Waals surface area (Å²) in [6.45, 7) is 0. The molecular weight excluding hydrogens is 1470 g/mol. The van der Waals surface area contributed by atoms with Gasteiger partial charge in [0.1, 0.15) is 0 Å². The predicted molar refractivity (Wildman–Crippen MR) is 512 cm³/mol. The first-order valence-electron chi connectivity index (χ1n) is 40.2. The van der Waals surface area contributed by atoms with Gasteiger partial charge in [0.15, 0.2) is 0 Å². The molecule has 0 atom stereocenters. The normalized spacial score (nSPS) is 9.66. The zero-order valence-corrected chi connectivity index (χ0v) is 70.4. The summed E-state index contributed by atoms with van der Waals surface area (Å²) in [5.74, 6) is 0. The Balaban J connectivity index is 0.000000235. The van der Waals surface area contributed by atoms with Gasteiger partial charge in [-0.2, -0.15) is 0 Å². The molecule has 0 saturated carbocycles. The lowest BCUT2D eigenvalue weighted by Crippen LogP contribution is -1.89. The molecule has 116 heavy (non-hydrogen) atoms. The van der Waals surface area contributed by atoms with Crippen molar-refractivity contribution in [1.82, 2.24) is 0 Å². The Morgan fingerprint density at radius 3 is 0.155 bits per heavy atom. The lowest BCUT2D eigenvalue weighted by molar-refractivity contribution is 0.960. The monoisotopic (exact) mass is 1580 g/mol. The van der Waals surface area contributed by atoms with Crippen LogP contribution in [0.5, 0.6) is 0 Å². The van der Waals surface area contributed by atoms with Crippen LogP contribution in [0.4, 0.5) is 0 Å². The van der Waals surface area contributed by atoms with E-state index in [2.05, 4.69) is 485 Å². The molecule has 0 aromatic heterocycles. The van der Waals surface area contributed by atoms with Gasteiger partial charge in [-0.1, -0.05) is 485 Å². The van der Waals surface area contributed by atoms with Crippen LogP contribution in [0, 0.1) is 0 Å².